The van der Waals surface area contributed by atoms with Gasteiger partial charge >= 0.3 is 0 Å². The van der Waals surface area contributed by atoms with Crippen LogP contribution in [0.3, 0.4) is 0 Å². The Balaban J connectivity index is 1.70. The Labute approximate surface area is 179 Å². The van der Waals surface area contributed by atoms with Gasteiger partial charge in [-0.25, -0.2) is 0 Å². The minimum Gasteiger partial charge on any atom is -0.462 e. The molecule has 0 spiro atoms. The molecule has 2 aromatic carbocycles. The van der Waals surface area contributed by atoms with Crippen molar-refractivity contribution < 1.29 is 14.5 Å². The molecule has 1 heterocycles. The molecule has 0 atom stereocenters. The third-order valence-corrected chi connectivity index (χ3v) is 5.78. The van der Waals surface area contributed by atoms with Crippen LogP contribution in [0.5, 0.6) is 5.75 Å². The Morgan fingerprint density at radius 1 is 1.20 bits per heavy atom. The Morgan fingerprint density at radius 3 is 2.53 bits per heavy atom. The van der Waals surface area contributed by atoms with Crippen molar-refractivity contribution in [3.8, 4) is 5.75 Å². The summed E-state index contributed by atoms with van der Waals surface area (Å²) in [5.41, 5.74) is 4.76. The van der Waals surface area contributed by atoms with E-state index in [0.717, 1.165) is 27.4 Å². The second-order valence-electron chi connectivity index (χ2n) is 6.83. The molecule has 0 aliphatic carbocycles. The second-order valence-corrected chi connectivity index (χ2v) is 7.74. The van der Waals surface area contributed by atoms with Crippen molar-refractivity contribution in [3.05, 3.63) is 97.6 Å². The maximum atomic E-state index is 12.4. The first kappa shape index (κ1) is 21.4. The summed E-state index contributed by atoms with van der Waals surface area (Å²) in [7, 11) is 0. The van der Waals surface area contributed by atoms with E-state index in [1.165, 1.54) is 23.9 Å². The van der Waals surface area contributed by atoms with Crippen LogP contribution in [0.15, 0.2) is 65.2 Å². The molecule has 0 amide bonds. The van der Waals surface area contributed by atoms with Crippen molar-refractivity contribution in [1.29, 1.82) is 0 Å². The highest BCUT2D eigenvalue weighted by Crippen LogP contribution is 2.32. The lowest BCUT2D eigenvalue weighted by atomic mass is 9.95. The second kappa shape index (κ2) is 9.00. The summed E-state index contributed by atoms with van der Waals surface area (Å²) in [4.78, 5) is 22.8. The zero-order valence-electron chi connectivity index (χ0n) is 17.0. The van der Waals surface area contributed by atoms with Crippen molar-refractivity contribution >= 4 is 28.9 Å². The topological polar surface area (TPSA) is 81.5 Å². The molecule has 2 aromatic rings. The lowest BCUT2D eigenvalue weighted by molar-refractivity contribution is -0.384. The number of Topliss-reactive ketones (excluding diaryl/α,β-unsaturated/α-hetero) is 1. The molecular weight excluding hydrogens is 400 g/mol. The van der Waals surface area contributed by atoms with Gasteiger partial charge in [0.2, 0.25) is 0 Å². The van der Waals surface area contributed by atoms with Gasteiger partial charge in [-0.2, -0.15) is 0 Å². The molecule has 0 bridgehead atoms. The number of benzene rings is 2. The molecule has 0 unspecified atom stereocenters. The quantitative estimate of drug-likeness (QED) is 0.197. The number of ketones is 1. The van der Waals surface area contributed by atoms with E-state index in [0.29, 0.717) is 23.3 Å². The SMILES string of the molecule is C=C(CC)C(=O)c1ccc(O/C=C2\NC(c3ccc([N+](=O)[O-])cc3)=CS2)c(C)c1C. The van der Waals surface area contributed by atoms with Crippen LogP contribution in [0, 0.1) is 24.0 Å². The number of thioether (sulfide) groups is 1. The van der Waals surface area contributed by atoms with Crippen LogP contribution in [0.2, 0.25) is 0 Å². The Hall–Kier alpha value is -3.32. The third kappa shape index (κ3) is 4.46. The fraction of sp³-hybridized carbons (Fsp3) is 0.174. The number of hydrogen-bond acceptors (Lipinski definition) is 6. The normalized spacial score (nSPS) is 14.2. The summed E-state index contributed by atoms with van der Waals surface area (Å²) in [6.07, 6.45) is 2.24. The smallest absolute Gasteiger partial charge is 0.269 e. The van der Waals surface area contributed by atoms with Crippen molar-refractivity contribution in [2.24, 2.45) is 0 Å². The highest BCUT2D eigenvalue weighted by Gasteiger charge is 2.17. The number of hydrogen-bond donors (Lipinski definition) is 1. The number of nitro benzene ring substituents is 1. The van der Waals surface area contributed by atoms with Crippen molar-refractivity contribution in [2.75, 3.05) is 0 Å². The van der Waals surface area contributed by atoms with E-state index >= 15 is 0 Å². The molecule has 0 fully saturated rings. The molecule has 1 N–H and O–H groups in total. The molecule has 0 radical (unpaired) electrons. The standard InChI is InChI=1S/C23H22N2O4S/c1-5-14(2)23(26)19-10-11-21(16(4)15(19)3)29-12-22-24-20(13-30-22)17-6-8-18(9-7-17)25(27)28/h6-13,24H,2,5H2,1,3-4H3/b22-12+. The minimum atomic E-state index is -0.421. The van der Waals surface area contributed by atoms with Crippen LogP contribution < -0.4 is 10.1 Å². The molecule has 1 aliphatic heterocycles. The predicted molar refractivity (Wildman–Crippen MR) is 120 cm³/mol. The van der Waals surface area contributed by atoms with Gasteiger partial charge in [0.05, 0.1) is 10.6 Å². The molecule has 1 aliphatic rings. The molecule has 0 saturated carbocycles. The first-order valence-electron chi connectivity index (χ1n) is 9.40. The van der Waals surface area contributed by atoms with Gasteiger partial charge < -0.3 is 10.1 Å². The highest BCUT2D eigenvalue weighted by molar-refractivity contribution is 8.06. The molecule has 154 valence electrons. The molecule has 7 heteroatoms. The van der Waals surface area contributed by atoms with Crippen molar-refractivity contribution in [2.45, 2.75) is 27.2 Å². The number of ether oxygens (including phenoxy) is 1. The zero-order chi connectivity index (χ0) is 21.8. The van der Waals surface area contributed by atoms with Gasteiger partial charge in [0.15, 0.2) is 5.78 Å². The van der Waals surface area contributed by atoms with E-state index in [-0.39, 0.29) is 11.5 Å². The van der Waals surface area contributed by atoms with Crippen LogP contribution in [0.1, 0.15) is 40.4 Å². The zero-order valence-corrected chi connectivity index (χ0v) is 17.8. The number of carbonyl (C=O) groups excluding carboxylic acids is 1. The maximum Gasteiger partial charge on any atom is 0.269 e. The molecule has 6 nitrogen and oxygen atoms in total. The van der Waals surface area contributed by atoms with E-state index in [9.17, 15) is 14.9 Å². The van der Waals surface area contributed by atoms with Gasteiger partial charge in [-0.1, -0.05) is 25.3 Å². The number of nitrogens with zero attached hydrogens (tertiary/aromatic N) is 1. The van der Waals surface area contributed by atoms with Crippen LogP contribution in [0.4, 0.5) is 5.69 Å². The lowest BCUT2D eigenvalue weighted by Crippen LogP contribution is -2.07. The average Bonchev–Trinajstić information content (AvgIpc) is 3.23. The third-order valence-electron chi connectivity index (χ3n) is 4.97. The number of allylic oxidation sites excluding steroid dienone is 1. The van der Waals surface area contributed by atoms with Gasteiger partial charge in [0, 0.05) is 23.1 Å². The van der Waals surface area contributed by atoms with Gasteiger partial charge in [-0.15, -0.1) is 0 Å². The first-order chi connectivity index (χ1) is 14.3. The van der Waals surface area contributed by atoms with Gasteiger partial charge in [0.1, 0.15) is 17.0 Å². The largest absolute Gasteiger partial charge is 0.462 e. The number of rotatable bonds is 7. The van der Waals surface area contributed by atoms with Crippen LogP contribution in [-0.4, -0.2) is 10.7 Å². The molecular formula is C23H22N2O4S. The molecule has 0 saturated heterocycles. The number of non-ortho nitro benzene ring substituents is 1. The fourth-order valence-electron chi connectivity index (χ4n) is 2.91. The van der Waals surface area contributed by atoms with E-state index in [4.69, 9.17) is 4.74 Å². The molecule has 0 aromatic heterocycles. The maximum absolute atomic E-state index is 12.4. The van der Waals surface area contributed by atoms with Crippen LogP contribution >= 0.6 is 11.8 Å². The summed E-state index contributed by atoms with van der Waals surface area (Å²) in [5.74, 6) is 0.637. The highest BCUT2D eigenvalue weighted by atomic mass is 32.2. The summed E-state index contributed by atoms with van der Waals surface area (Å²) in [6.45, 7) is 9.58. The van der Waals surface area contributed by atoms with E-state index in [1.54, 1.807) is 30.5 Å². The minimum absolute atomic E-state index is 0.0343. The van der Waals surface area contributed by atoms with Gasteiger partial charge in [-0.05, 0) is 66.8 Å². The van der Waals surface area contributed by atoms with Crippen LogP contribution in [0.25, 0.3) is 5.70 Å². The first-order valence-corrected chi connectivity index (χ1v) is 10.3. The Kier molecular flexibility index (Phi) is 6.42. The van der Waals surface area contributed by atoms with Crippen molar-refractivity contribution in [3.63, 3.8) is 0 Å². The summed E-state index contributed by atoms with van der Waals surface area (Å²) in [5, 5.41) is 16.7. The lowest BCUT2D eigenvalue weighted by Gasteiger charge is -2.13. The summed E-state index contributed by atoms with van der Waals surface area (Å²) in [6, 6.07) is 9.92. The predicted octanol–water partition coefficient (Wildman–Crippen LogP) is 5.87. The van der Waals surface area contributed by atoms with E-state index in [1.807, 2.05) is 26.2 Å². The van der Waals surface area contributed by atoms with Gasteiger partial charge in [0.25, 0.3) is 5.69 Å². The average molecular weight is 423 g/mol. The fourth-order valence-corrected chi connectivity index (χ4v) is 3.62. The molecule has 3 rings (SSSR count). The Bertz CT molecular complexity index is 1090. The monoisotopic (exact) mass is 422 g/mol. The van der Waals surface area contributed by atoms with Crippen LogP contribution in [-0.2, 0) is 0 Å². The van der Waals surface area contributed by atoms with Gasteiger partial charge in [-0.3, -0.25) is 14.9 Å². The number of nitrogens with one attached hydrogen (secondary N) is 1. The van der Waals surface area contributed by atoms with E-state index < -0.39 is 4.92 Å². The summed E-state index contributed by atoms with van der Waals surface area (Å²) < 4.78 is 5.86. The number of carbonyl (C=O) groups is 1. The van der Waals surface area contributed by atoms with E-state index in [2.05, 4.69) is 11.9 Å². The Morgan fingerprint density at radius 2 is 1.90 bits per heavy atom. The number of nitro groups is 1. The summed E-state index contributed by atoms with van der Waals surface area (Å²) >= 11 is 1.46. The van der Waals surface area contributed by atoms with Crippen molar-refractivity contribution in [1.82, 2.24) is 5.32 Å². The molecule has 30 heavy (non-hydrogen) atoms.